The van der Waals surface area contributed by atoms with Crippen molar-refractivity contribution in [3.63, 3.8) is 0 Å². The number of H-pyrrole nitrogens is 2. The minimum Gasteiger partial charge on any atom is -0.453 e. The van der Waals surface area contributed by atoms with E-state index in [1.54, 1.807) is 11.1 Å². The summed E-state index contributed by atoms with van der Waals surface area (Å²) in [5.41, 5.74) is 6.70. The molecule has 16 nitrogen and oxygen atoms in total. The second-order valence-corrected chi connectivity index (χ2v) is 16.1. The molecule has 4 amide bonds. The molecule has 0 saturated carbocycles. The molecule has 4 aliphatic rings. The van der Waals surface area contributed by atoms with Crippen LogP contribution in [-0.2, 0) is 25.5 Å². The van der Waals surface area contributed by atoms with Crippen molar-refractivity contribution >= 4 is 35.4 Å². The molecule has 4 aliphatic heterocycles. The van der Waals surface area contributed by atoms with E-state index in [0.29, 0.717) is 24.7 Å². The van der Waals surface area contributed by atoms with Gasteiger partial charge in [0.15, 0.2) is 11.5 Å². The Labute approximate surface area is 337 Å². The molecule has 0 bridgehead atoms. The molecular weight excluding hydrogens is 743 g/mol. The number of anilines is 2. The summed E-state index contributed by atoms with van der Waals surface area (Å²) in [5.74, 6) is 2.32. The van der Waals surface area contributed by atoms with Gasteiger partial charge in [-0.1, -0.05) is 33.8 Å². The first-order chi connectivity index (χ1) is 27.9. The molecule has 8 rings (SSSR count). The van der Waals surface area contributed by atoms with Gasteiger partial charge in [-0.05, 0) is 73.8 Å². The van der Waals surface area contributed by atoms with Crippen LogP contribution in [0.5, 0.6) is 11.5 Å². The van der Waals surface area contributed by atoms with Gasteiger partial charge in [-0.2, -0.15) is 0 Å². The summed E-state index contributed by atoms with van der Waals surface area (Å²) in [7, 11) is 2.58. The van der Waals surface area contributed by atoms with Crippen LogP contribution in [0.2, 0.25) is 0 Å². The Morgan fingerprint density at radius 3 is 1.81 bits per heavy atom. The molecule has 6 heterocycles. The number of hydrogen-bond acceptors (Lipinski definition) is 10. The fourth-order valence-electron chi connectivity index (χ4n) is 8.78. The monoisotopic (exact) mass is 793 g/mol. The van der Waals surface area contributed by atoms with E-state index in [9.17, 15) is 19.2 Å². The summed E-state index contributed by atoms with van der Waals surface area (Å²) in [4.78, 5) is 73.8. The van der Waals surface area contributed by atoms with Gasteiger partial charge in [-0.25, -0.2) is 19.6 Å². The van der Waals surface area contributed by atoms with Gasteiger partial charge < -0.3 is 49.5 Å². The molecule has 0 radical (unpaired) electrons. The quantitative estimate of drug-likeness (QED) is 0.141. The Bertz CT molecular complexity index is 2230. The van der Waals surface area contributed by atoms with Crippen molar-refractivity contribution in [1.29, 1.82) is 0 Å². The molecule has 4 atom stereocenters. The van der Waals surface area contributed by atoms with Gasteiger partial charge in [0.2, 0.25) is 11.8 Å². The zero-order valence-electron chi connectivity index (χ0n) is 33.8. The van der Waals surface area contributed by atoms with Crippen LogP contribution in [0.15, 0.2) is 42.7 Å². The Balaban J connectivity index is 1.01. The highest BCUT2D eigenvalue weighted by Gasteiger charge is 2.40. The Morgan fingerprint density at radius 1 is 0.741 bits per heavy atom. The van der Waals surface area contributed by atoms with Crippen LogP contribution in [0.1, 0.15) is 82.7 Å². The summed E-state index contributed by atoms with van der Waals surface area (Å²) in [6.45, 7) is 9.56. The number of fused-ring (bicyclic) bond motifs is 2. The molecule has 0 unspecified atom stereocenters. The number of nitrogens with zero attached hydrogens (tertiary/aromatic N) is 5. The van der Waals surface area contributed by atoms with Crippen LogP contribution in [0, 0.1) is 11.8 Å². The van der Waals surface area contributed by atoms with Crippen LogP contribution < -0.4 is 20.3 Å². The number of alkyl carbamates (subject to hydrolysis) is 2. The number of methoxy groups -OCH3 is 2. The van der Waals surface area contributed by atoms with Crippen LogP contribution in [0.3, 0.4) is 0 Å². The number of aromatic amines is 2. The summed E-state index contributed by atoms with van der Waals surface area (Å²) >= 11 is 0. The van der Waals surface area contributed by atoms with Gasteiger partial charge in [0, 0.05) is 30.8 Å². The SMILES string of the molecule is COC(=O)N[C@H](C(=O)N1CCC[C@H]1c1ncc(-c2ccc3c(c2)Oc2cc(-c4cnc([C@@H]5CCCN5C(=O)[C@@H](NC(=O)OC)C(C)C)[nH]4)cc4c2N3CC4)[nH]1)C(C)C. The first-order valence-corrected chi connectivity index (χ1v) is 20.1. The van der Waals surface area contributed by atoms with Crippen molar-refractivity contribution in [3.8, 4) is 34.0 Å². The summed E-state index contributed by atoms with van der Waals surface area (Å²) in [6, 6.07) is 8.47. The molecule has 0 spiro atoms. The van der Waals surface area contributed by atoms with E-state index in [1.807, 2.05) is 50.9 Å². The fraction of sp³-hybridized carbons (Fsp3) is 0.476. The number of nitrogens with one attached hydrogen (secondary N) is 4. The first-order valence-electron chi connectivity index (χ1n) is 20.1. The Kier molecular flexibility index (Phi) is 10.5. The number of rotatable bonds is 10. The lowest BCUT2D eigenvalue weighted by Gasteiger charge is -2.30. The maximum atomic E-state index is 13.7. The van der Waals surface area contributed by atoms with E-state index in [2.05, 4.69) is 43.7 Å². The Morgan fingerprint density at radius 2 is 1.28 bits per heavy atom. The van der Waals surface area contributed by atoms with Crippen molar-refractivity contribution in [3.05, 3.63) is 59.9 Å². The average Bonchev–Trinajstić information content (AvgIpc) is 4.06. The third-order valence-corrected chi connectivity index (χ3v) is 11.8. The van der Waals surface area contributed by atoms with E-state index in [0.717, 1.165) is 84.0 Å². The van der Waals surface area contributed by atoms with E-state index in [4.69, 9.17) is 24.2 Å². The summed E-state index contributed by atoms with van der Waals surface area (Å²) in [6.07, 6.45) is 6.37. The third-order valence-electron chi connectivity index (χ3n) is 11.8. The Hall–Kier alpha value is -6.06. The predicted octanol–water partition coefficient (Wildman–Crippen LogP) is 6.35. The minimum atomic E-state index is -0.709. The number of hydrogen-bond donors (Lipinski definition) is 4. The highest BCUT2D eigenvalue weighted by atomic mass is 16.5. The zero-order valence-corrected chi connectivity index (χ0v) is 33.8. The van der Waals surface area contributed by atoms with Gasteiger partial charge in [0.05, 0.1) is 61.5 Å². The number of aromatic nitrogens is 4. The lowest BCUT2D eigenvalue weighted by Crippen LogP contribution is -2.51. The molecule has 2 saturated heterocycles. The molecule has 306 valence electrons. The standard InChI is InChI=1S/C42H51N9O7/c1-22(2)34(47-41(54)56-5)39(52)50-14-7-9-30(50)37-43-20-27(45-37)24-11-12-29-32(18-24)58-33-19-26(17-25-13-16-49(29)36(25)33)28-21-44-38(46-28)31-10-8-15-51(31)40(53)35(23(3)4)48-42(55)57-6/h11-12,17-23,30-31,34-35H,7-10,13-16H2,1-6H3,(H,43,45)(H,44,46)(H,47,54)(H,48,55)/t30-,31-,34-,35-/m0/s1. The maximum absolute atomic E-state index is 13.7. The van der Waals surface area contributed by atoms with Gasteiger partial charge in [0.1, 0.15) is 23.7 Å². The molecule has 58 heavy (non-hydrogen) atoms. The smallest absolute Gasteiger partial charge is 0.407 e. The second-order valence-electron chi connectivity index (χ2n) is 16.1. The van der Waals surface area contributed by atoms with Crippen LogP contribution >= 0.6 is 0 Å². The molecule has 2 aromatic heterocycles. The highest BCUT2D eigenvalue weighted by molar-refractivity contribution is 5.88. The number of benzene rings is 2. The predicted molar refractivity (Wildman–Crippen MR) is 215 cm³/mol. The number of likely N-dealkylation sites (tertiary alicyclic amines) is 2. The highest BCUT2D eigenvalue weighted by Crippen LogP contribution is 2.53. The number of carbonyl (C=O) groups is 4. The van der Waals surface area contributed by atoms with Crippen molar-refractivity contribution in [1.82, 2.24) is 40.4 Å². The minimum absolute atomic E-state index is 0.122. The lowest BCUT2D eigenvalue weighted by atomic mass is 10.0. The van der Waals surface area contributed by atoms with Crippen molar-refractivity contribution in [2.75, 3.05) is 38.8 Å². The molecular formula is C42H51N9O7. The zero-order chi connectivity index (χ0) is 40.8. The van der Waals surface area contributed by atoms with Gasteiger partial charge in [0.25, 0.3) is 0 Å². The maximum Gasteiger partial charge on any atom is 0.407 e. The van der Waals surface area contributed by atoms with Crippen molar-refractivity contribution in [2.24, 2.45) is 11.8 Å². The van der Waals surface area contributed by atoms with Crippen LogP contribution in [0.4, 0.5) is 21.0 Å². The molecule has 4 N–H and O–H groups in total. The second kappa shape index (κ2) is 15.7. The topological polar surface area (TPSA) is 187 Å². The van der Waals surface area contributed by atoms with Crippen LogP contribution in [0.25, 0.3) is 22.5 Å². The van der Waals surface area contributed by atoms with E-state index in [-0.39, 0.29) is 35.7 Å². The number of carbonyl (C=O) groups excluding carboxylic acids is 4. The normalized spacial score (nSPS) is 19.1. The van der Waals surface area contributed by atoms with E-state index >= 15 is 0 Å². The van der Waals surface area contributed by atoms with Gasteiger partial charge >= 0.3 is 12.2 Å². The largest absolute Gasteiger partial charge is 0.453 e. The van der Waals surface area contributed by atoms with Gasteiger partial charge in [-0.15, -0.1) is 0 Å². The first kappa shape index (κ1) is 38.8. The van der Waals surface area contributed by atoms with Crippen molar-refractivity contribution < 1.29 is 33.4 Å². The molecule has 16 heteroatoms. The number of ether oxygens (including phenoxy) is 3. The summed E-state index contributed by atoms with van der Waals surface area (Å²) in [5, 5.41) is 5.41. The number of imidazole rings is 2. The molecule has 0 aliphatic carbocycles. The summed E-state index contributed by atoms with van der Waals surface area (Å²) < 4.78 is 16.2. The van der Waals surface area contributed by atoms with Crippen molar-refractivity contribution in [2.45, 2.75) is 84.0 Å². The molecule has 2 fully saturated rings. The number of amides is 4. The van der Waals surface area contributed by atoms with Crippen LogP contribution in [-0.4, -0.2) is 99.7 Å². The van der Waals surface area contributed by atoms with E-state index in [1.165, 1.54) is 19.8 Å². The lowest BCUT2D eigenvalue weighted by molar-refractivity contribution is -0.136. The van der Waals surface area contributed by atoms with Gasteiger partial charge in [-0.3, -0.25) is 9.59 Å². The third kappa shape index (κ3) is 7.08. The molecule has 4 aromatic rings. The fourth-order valence-corrected chi connectivity index (χ4v) is 8.78. The average molecular weight is 794 g/mol. The molecule has 2 aromatic carbocycles. The van der Waals surface area contributed by atoms with E-state index < -0.39 is 24.3 Å².